The number of nitrogens with zero attached hydrogens (tertiary/aromatic N) is 3. The van der Waals surface area contributed by atoms with Crippen LogP contribution in [0, 0.1) is 10.1 Å². The molecule has 0 bridgehead atoms. The number of rotatable bonds is 6. The molecular weight excluding hydrogens is 477 g/mol. The van der Waals surface area contributed by atoms with Gasteiger partial charge < -0.3 is 4.18 Å². The van der Waals surface area contributed by atoms with Crippen molar-refractivity contribution in [1.29, 1.82) is 0 Å². The third-order valence-corrected chi connectivity index (χ3v) is 6.31. The maximum Gasteiger partial charge on any atom is 0.340 e. The molecule has 1 aromatic heterocycles. The van der Waals surface area contributed by atoms with E-state index in [0.717, 1.165) is 18.2 Å². The zero-order valence-corrected chi connectivity index (χ0v) is 18.6. The summed E-state index contributed by atoms with van der Waals surface area (Å²) in [7, 11) is -4.43. The van der Waals surface area contributed by atoms with E-state index in [1.54, 1.807) is 6.07 Å². The predicted octanol–water partition coefficient (Wildman–Crippen LogP) is 5.63. The van der Waals surface area contributed by atoms with E-state index in [0.29, 0.717) is 16.4 Å². The Morgan fingerprint density at radius 2 is 1.70 bits per heavy atom. The number of hydrogen-bond acceptors (Lipinski definition) is 6. The number of benzene rings is 2. The second-order valence-electron chi connectivity index (χ2n) is 6.48. The maximum absolute atomic E-state index is 12.8. The smallest absolute Gasteiger partial charge is 0.340 e. The van der Waals surface area contributed by atoms with Crippen molar-refractivity contribution in [2.45, 2.75) is 24.7 Å². The quantitative estimate of drug-likeness (QED) is 0.252. The van der Waals surface area contributed by atoms with Crippen molar-refractivity contribution in [3.8, 4) is 11.6 Å². The summed E-state index contributed by atoms with van der Waals surface area (Å²) in [4.78, 5) is 9.88. The van der Waals surface area contributed by atoms with E-state index in [1.165, 1.54) is 22.9 Å². The van der Waals surface area contributed by atoms with Gasteiger partial charge in [-0.15, -0.1) is 0 Å². The fourth-order valence-electron chi connectivity index (χ4n) is 2.47. The van der Waals surface area contributed by atoms with Crippen LogP contribution in [0.3, 0.4) is 0 Å². The van der Waals surface area contributed by atoms with E-state index in [2.05, 4.69) is 5.10 Å². The molecule has 3 rings (SSSR count). The summed E-state index contributed by atoms with van der Waals surface area (Å²) in [5, 5.41) is 15.8. The molecular formula is C18H14Cl3N3O5S. The van der Waals surface area contributed by atoms with Gasteiger partial charge >= 0.3 is 10.1 Å². The maximum atomic E-state index is 12.8. The second-order valence-corrected chi connectivity index (χ2v) is 9.25. The predicted molar refractivity (Wildman–Crippen MR) is 114 cm³/mol. The molecule has 0 aliphatic heterocycles. The van der Waals surface area contributed by atoms with Gasteiger partial charge in [-0.3, -0.25) is 10.1 Å². The lowest BCUT2D eigenvalue weighted by Gasteiger charge is -2.10. The Labute approximate surface area is 187 Å². The molecule has 0 radical (unpaired) electrons. The first-order chi connectivity index (χ1) is 14.0. The summed E-state index contributed by atoms with van der Waals surface area (Å²) in [6.07, 6.45) is 0. The van der Waals surface area contributed by atoms with Gasteiger partial charge in [0.15, 0.2) is 0 Å². The fraction of sp³-hybridized carbons (Fsp3) is 0.167. The van der Waals surface area contributed by atoms with E-state index in [4.69, 9.17) is 39.0 Å². The van der Waals surface area contributed by atoms with Crippen LogP contribution in [-0.4, -0.2) is 23.1 Å². The summed E-state index contributed by atoms with van der Waals surface area (Å²) >= 11 is 17.8. The Kier molecular flexibility index (Phi) is 6.28. The highest BCUT2D eigenvalue weighted by Crippen LogP contribution is 2.32. The van der Waals surface area contributed by atoms with E-state index in [9.17, 15) is 18.5 Å². The van der Waals surface area contributed by atoms with Crippen LogP contribution >= 0.6 is 34.8 Å². The van der Waals surface area contributed by atoms with Gasteiger partial charge in [0.25, 0.3) is 5.69 Å². The summed E-state index contributed by atoms with van der Waals surface area (Å²) < 4.78 is 32.1. The molecule has 0 N–H and O–H groups in total. The first kappa shape index (κ1) is 22.4. The van der Waals surface area contributed by atoms with Crippen molar-refractivity contribution in [1.82, 2.24) is 9.78 Å². The summed E-state index contributed by atoms with van der Waals surface area (Å²) in [5.41, 5.74) is 0.430. The van der Waals surface area contributed by atoms with Crippen molar-refractivity contribution in [2.75, 3.05) is 0 Å². The Hall–Kier alpha value is -2.33. The van der Waals surface area contributed by atoms with E-state index < -0.39 is 25.6 Å². The minimum Gasteiger partial charge on any atom is -0.358 e. The lowest BCUT2D eigenvalue weighted by atomic mass is 10.1. The highest BCUT2D eigenvalue weighted by molar-refractivity contribution is 7.87. The molecule has 0 amide bonds. The lowest BCUT2D eigenvalue weighted by Crippen LogP contribution is -2.13. The molecule has 158 valence electrons. The Morgan fingerprint density at radius 1 is 1.03 bits per heavy atom. The largest absolute Gasteiger partial charge is 0.358 e. The molecule has 0 aliphatic rings. The minimum atomic E-state index is -4.43. The highest BCUT2D eigenvalue weighted by Gasteiger charge is 2.25. The molecule has 8 nitrogen and oxygen atoms in total. The van der Waals surface area contributed by atoms with Gasteiger partial charge in [-0.2, -0.15) is 18.2 Å². The number of aromatic nitrogens is 2. The summed E-state index contributed by atoms with van der Waals surface area (Å²) in [6, 6.07) is 9.18. The van der Waals surface area contributed by atoms with Crippen molar-refractivity contribution in [2.24, 2.45) is 0 Å². The van der Waals surface area contributed by atoms with Gasteiger partial charge in [-0.25, -0.2) is 0 Å². The monoisotopic (exact) mass is 489 g/mol. The number of hydrogen-bond donors (Lipinski definition) is 0. The van der Waals surface area contributed by atoms with E-state index in [1.807, 2.05) is 13.8 Å². The SMILES string of the molecule is CC(C)c1cc(OS(=O)(=O)c2ccc(Cl)c([N+](=O)[O-])c2)n(-c2ccc(Cl)c(Cl)c2)n1. The van der Waals surface area contributed by atoms with Crippen molar-refractivity contribution in [3.05, 3.63) is 73.3 Å². The van der Waals surface area contributed by atoms with Crippen LogP contribution in [0.4, 0.5) is 5.69 Å². The molecule has 2 aromatic carbocycles. The molecule has 0 saturated carbocycles. The molecule has 0 spiro atoms. The second kappa shape index (κ2) is 8.43. The molecule has 0 fully saturated rings. The van der Waals surface area contributed by atoms with Crippen LogP contribution in [0.5, 0.6) is 5.88 Å². The fourth-order valence-corrected chi connectivity index (χ4v) is 3.88. The first-order valence-electron chi connectivity index (χ1n) is 8.43. The Balaban J connectivity index is 2.08. The van der Waals surface area contributed by atoms with E-state index >= 15 is 0 Å². The van der Waals surface area contributed by atoms with Crippen LogP contribution in [0.1, 0.15) is 25.5 Å². The normalized spacial score (nSPS) is 11.7. The number of halogens is 3. The van der Waals surface area contributed by atoms with Gasteiger partial charge in [0.1, 0.15) is 9.92 Å². The van der Waals surface area contributed by atoms with Crippen molar-refractivity contribution < 1.29 is 17.5 Å². The van der Waals surface area contributed by atoms with Gasteiger partial charge in [0.2, 0.25) is 5.88 Å². The lowest BCUT2D eigenvalue weighted by molar-refractivity contribution is -0.384. The molecule has 0 atom stereocenters. The Bertz CT molecular complexity index is 1240. The standard InChI is InChI=1S/C18H14Cl3N3O5S/c1-10(2)16-9-18(23(22-16)11-3-5-13(19)15(21)7-11)29-30(27,28)12-4-6-14(20)17(8-12)24(25)26/h3-10H,1-2H3. The van der Waals surface area contributed by atoms with E-state index in [-0.39, 0.29) is 21.8 Å². The molecule has 0 saturated heterocycles. The molecule has 30 heavy (non-hydrogen) atoms. The summed E-state index contributed by atoms with van der Waals surface area (Å²) in [5.74, 6) is -0.148. The number of nitro groups is 1. The average Bonchev–Trinajstić information content (AvgIpc) is 3.07. The van der Waals surface area contributed by atoms with Crippen LogP contribution in [0.2, 0.25) is 15.1 Å². The van der Waals surface area contributed by atoms with Crippen LogP contribution in [0.15, 0.2) is 47.4 Å². The molecule has 12 heteroatoms. The Morgan fingerprint density at radius 3 is 2.30 bits per heavy atom. The molecule has 1 heterocycles. The van der Waals surface area contributed by atoms with Crippen molar-refractivity contribution >= 4 is 50.6 Å². The van der Waals surface area contributed by atoms with Crippen LogP contribution in [-0.2, 0) is 10.1 Å². The van der Waals surface area contributed by atoms with Crippen molar-refractivity contribution in [3.63, 3.8) is 0 Å². The van der Waals surface area contributed by atoms with Gasteiger partial charge in [0, 0.05) is 12.1 Å². The highest BCUT2D eigenvalue weighted by atomic mass is 35.5. The third kappa shape index (κ3) is 4.54. The molecule has 0 aliphatic carbocycles. The first-order valence-corrected chi connectivity index (χ1v) is 11.0. The summed E-state index contributed by atoms with van der Waals surface area (Å²) in [6.45, 7) is 3.75. The van der Waals surface area contributed by atoms with Crippen LogP contribution in [0.25, 0.3) is 5.69 Å². The zero-order chi connectivity index (χ0) is 22.2. The zero-order valence-electron chi connectivity index (χ0n) is 15.5. The average molecular weight is 491 g/mol. The minimum absolute atomic E-state index is 0.0318. The molecule has 3 aromatic rings. The van der Waals surface area contributed by atoms with Crippen LogP contribution < -0.4 is 4.18 Å². The van der Waals surface area contributed by atoms with Gasteiger partial charge in [0.05, 0.1) is 26.3 Å². The topological polar surface area (TPSA) is 104 Å². The third-order valence-electron chi connectivity index (χ3n) is 4.03. The number of nitro benzene ring substituents is 1. The van der Waals surface area contributed by atoms with Gasteiger partial charge in [-0.05, 0) is 36.2 Å². The van der Waals surface area contributed by atoms with Gasteiger partial charge in [-0.1, -0.05) is 48.7 Å². The molecule has 0 unspecified atom stereocenters.